The second-order valence-electron chi connectivity index (χ2n) is 11.4. The molecule has 0 bridgehead atoms. The van der Waals surface area contributed by atoms with Gasteiger partial charge in [0, 0.05) is 26.2 Å². The first kappa shape index (κ1) is 30.4. The number of carboxylic acids is 1. The van der Waals surface area contributed by atoms with Crippen molar-refractivity contribution in [3.05, 3.63) is 29.3 Å². The monoisotopic (exact) mass is 479 g/mol. The maximum Gasteiger partial charge on any atom is 0.306 e. The van der Waals surface area contributed by atoms with E-state index in [1.165, 1.54) is 11.1 Å². The SMILES string of the molecule is COCCCOc1cc(C[C@@H](C[C@H](N)[C@@H](O)C[C@H](C(=O)O)C(C)C)C(C)C)ccc1C(C)(C)C. The van der Waals surface area contributed by atoms with Crippen LogP contribution in [-0.4, -0.2) is 48.7 Å². The smallest absolute Gasteiger partial charge is 0.306 e. The van der Waals surface area contributed by atoms with Crippen molar-refractivity contribution in [1.82, 2.24) is 0 Å². The summed E-state index contributed by atoms with van der Waals surface area (Å²) in [5.41, 5.74) is 8.71. The van der Waals surface area contributed by atoms with E-state index >= 15 is 0 Å². The van der Waals surface area contributed by atoms with Crippen LogP contribution in [0.25, 0.3) is 0 Å². The Labute approximate surface area is 207 Å². The molecule has 196 valence electrons. The van der Waals surface area contributed by atoms with Crippen LogP contribution >= 0.6 is 0 Å². The molecule has 1 aromatic rings. The van der Waals surface area contributed by atoms with E-state index in [-0.39, 0.29) is 23.7 Å². The lowest BCUT2D eigenvalue weighted by Crippen LogP contribution is -2.40. The Hall–Kier alpha value is -1.63. The molecule has 0 spiro atoms. The van der Waals surface area contributed by atoms with Crippen molar-refractivity contribution in [3.8, 4) is 5.75 Å². The van der Waals surface area contributed by atoms with Crippen molar-refractivity contribution in [2.45, 2.75) is 91.7 Å². The molecule has 0 saturated heterocycles. The Morgan fingerprint density at radius 3 is 2.21 bits per heavy atom. The van der Waals surface area contributed by atoms with Gasteiger partial charge < -0.3 is 25.4 Å². The lowest BCUT2D eigenvalue weighted by Gasteiger charge is -2.29. The van der Waals surface area contributed by atoms with E-state index in [2.05, 4.69) is 52.8 Å². The average Bonchev–Trinajstić information content (AvgIpc) is 2.73. The van der Waals surface area contributed by atoms with Crippen LogP contribution in [0.3, 0.4) is 0 Å². The van der Waals surface area contributed by atoms with E-state index in [0.29, 0.717) is 25.6 Å². The number of carboxylic acid groups (broad SMARTS) is 1. The second-order valence-corrected chi connectivity index (χ2v) is 11.4. The van der Waals surface area contributed by atoms with Crippen molar-refractivity contribution in [2.75, 3.05) is 20.3 Å². The molecule has 0 aliphatic rings. The molecule has 0 saturated carbocycles. The largest absolute Gasteiger partial charge is 0.493 e. The molecule has 6 heteroatoms. The summed E-state index contributed by atoms with van der Waals surface area (Å²) in [5, 5.41) is 20.1. The fourth-order valence-corrected chi connectivity index (χ4v) is 4.31. The van der Waals surface area contributed by atoms with Gasteiger partial charge in [0.1, 0.15) is 5.75 Å². The normalized spacial score (nSPS) is 15.9. The number of aliphatic hydroxyl groups is 1. The summed E-state index contributed by atoms with van der Waals surface area (Å²) in [6.07, 6.45) is 1.63. The zero-order chi connectivity index (χ0) is 26.1. The predicted octanol–water partition coefficient (Wildman–Crippen LogP) is 5.04. The third kappa shape index (κ3) is 9.93. The second kappa shape index (κ2) is 14.1. The number of hydrogen-bond donors (Lipinski definition) is 3. The molecule has 0 radical (unpaired) electrons. The van der Waals surface area contributed by atoms with E-state index < -0.39 is 24.0 Å². The van der Waals surface area contributed by atoms with Gasteiger partial charge in [-0.25, -0.2) is 0 Å². The van der Waals surface area contributed by atoms with Crippen LogP contribution in [0.1, 0.15) is 78.9 Å². The quantitative estimate of drug-likeness (QED) is 0.305. The van der Waals surface area contributed by atoms with Crippen LogP contribution in [0.4, 0.5) is 0 Å². The highest BCUT2D eigenvalue weighted by Crippen LogP contribution is 2.34. The first-order valence-electron chi connectivity index (χ1n) is 12.7. The number of aliphatic hydroxyl groups excluding tert-OH is 1. The number of hydrogen-bond acceptors (Lipinski definition) is 5. The summed E-state index contributed by atoms with van der Waals surface area (Å²) < 4.78 is 11.3. The van der Waals surface area contributed by atoms with E-state index in [9.17, 15) is 15.0 Å². The summed E-state index contributed by atoms with van der Waals surface area (Å²) in [6.45, 7) is 15.9. The van der Waals surface area contributed by atoms with Crippen LogP contribution < -0.4 is 10.5 Å². The van der Waals surface area contributed by atoms with Gasteiger partial charge in [-0.3, -0.25) is 4.79 Å². The highest BCUT2D eigenvalue weighted by atomic mass is 16.5. The molecule has 6 nitrogen and oxygen atoms in total. The Bertz CT molecular complexity index is 741. The zero-order valence-electron chi connectivity index (χ0n) is 22.6. The minimum Gasteiger partial charge on any atom is -0.493 e. The number of methoxy groups -OCH3 is 1. The van der Waals surface area contributed by atoms with E-state index in [1.54, 1.807) is 7.11 Å². The number of ether oxygens (including phenoxy) is 2. The van der Waals surface area contributed by atoms with Gasteiger partial charge in [-0.05, 0) is 59.6 Å². The van der Waals surface area contributed by atoms with Crippen LogP contribution in [0.5, 0.6) is 5.75 Å². The van der Waals surface area contributed by atoms with Gasteiger partial charge in [0.25, 0.3) is 0 Å². The highest BCUT2D eigenvalue weighted by molar-refractivity contribution is 5.70. The van der Waals surface area contributed by atoms with Crippen molar-refractivity contribution >= 4 is 5.97 Å². The molecule has 0 aromatic heterocycles. The highest BCUT2D eigenvalue weighted by Gasteiger charge is 2.29. The van der Waals surface area contributed by atoms with Crippen molar-refractivity contribution in [2.24, 2.45) is 29.4 Å². The van der Waals surface area contributed by atoms with Gasteiger partial charge in [-0.1, -0.05) is 60.6 Å². The third-order valence-electron chi connectivity index (χ3n) is 6.73. The molecule has 4 N–H and O–H groups in total. The fourth-order valence-electron chi connectivity index (χ4n) is 4.31. The molecule has 0 unspecified atom stereocenters. The number of carbonyl (C=O) groups is 1. The van der Waals surface area contributed by atoms with Gasteiger partial charge in [0.15, 0.2) is 0 Å². The molecule has 1 rings (SSSR count). The number of aliphatic carboxylic acids is 1. The molecular formula is C28H49NO5. The van der Waals surface area contributed by atoms with Gasteiger partial charge >= 0.3 is 5.97 Å². The molecular weight excluding hydrogens is 430 g/mol. The van der Waals surface area contributed by atoms with E-state index in [0.717, 1.165) is 18.6 Å². The summed E-state index contributed by atoms with van der Waals surface area (Å²) in [7, 11) is 1.69. The average molecular weight is 480 g/mol. The fraction of sp³-hybridized carbons (Fsp3) is 0.750. The molecule has 1 aromatic carbocycles. The Kier molecular flexibility index (Phi) is 12.6. The number of benzene rings is 1. The summed E-state index contributed by atoms with van der Waals surface area (Å²) in [5.74, 6) is 0.0128. The molecule has 0 aliphatic heterocycles. The van der Waals surface area contributed by atoms with E-state index in [1.807, 2.05) is 13.8 Å². The maximum atomic E-state index is 11.5. The topological polar surface area (TPSA) is 102 Å². The van der Waals surface area contributed by atoms with Gasteiger partial charge in [-0.2, -0.15) is 0 Å². The molecule has 4 atom stereocenters. The van der Waals surface area contributed by atoms with Crippen LogP contribution in [0, 0.1) is 23.7 Å². The zero-order valence-corrected chi connectivity index (χ0v) is 22.6. The van der Waals surface area contributed by atoms with E-state index in [4.69, 9.17) is 15.2 Å². The Morgan fingerprint density at radius 1 is 1.06 bits per heavy atom. The van der Waals surface area contributed by atoms with Crippen LogP contribution in [0.15, 0.2) is 18.2 Å². The lowest BCUT2D eigenvalue weighted by molar-refractivity contribution is -0.144. The first-order valence-corrected chi connectivity index (χ1v) is 12.7. The van der Waals surface area contributed by atoms with Crippen molar-refractivity contribution in [3.63, 3.8) is 0 Å². The third-order valence-corrected chi connectivity index (χ3v) is 6.73. The van der Waals surface area contributed by atoms with Crippen LogP contribution in [0.2, 0.25) is 0 Å². The van der Waals surface area contributed by atoms with Gasteiger partial charge in [-0.15, -0.1) is 0 Å². The summed E-state index contributed by atoms with van der Waals surface area (Å²) in [6, 6.07) is 6.00. The standard InChI is InChI=1S/C28H49NO5/c1-18(2)21(16-24(29)25(30)17-22(19(3)4)27(31)32)14-20-10-11-23(28(5,6)7)26(15-20)34-13-9-12-33-8/h10-11,15,18-19,21-22,24-25,30H,9,12-14,16-17,29H2,1-8H3,(H,31,32)/t21-,22-,24-,25-/m0/s1. The first-order chi connectivity index (χ1) is 15.8. The Balaban J connectivity index is 2.97. The van der Waals surface area contributed by atoms with Crippen LogP contribution in [-0.2, 0) is 21.4 Å². The summed E-state index contributed by atoms with van der Waals surface area (Å²) in [4.78, 5) is 11.5. The maximum absolute atomic E-state index is 11.5. The predicted molar refractivity (Wildman–Crippen MR) is 138 cm³/mol. The number of rotatable bonds is 15. The molecule has 0 heterocycles. The Morgan fingerprint density at radius 2 is 1.71 bits per heavy atom. The lowest BCUT2D eigenvalue weighted by atomic mass is 9.80. The van der Waals surface area contributed by atoms with Gasteiger partial charge in [0.05, 0.1) is 18.6 Å². The molecule has 0 amide bonds. The molecule has 0 aliphatic carbocycles. The molecule has 34 heavy (non-hydrogen) atoms. The minimum absolute atomic E-state index is 0.0316. The molecule has 0 fully saturated rings. The minimum atomic E-state index is -0.876. The number of nitrogens with two attached hydrogens (primary N) is 1. The summed E-state index contributed by atoms with van der Waals surface area (Å²) >= 11 is 0. The van der Waals surface area contributed by atoms with Crippen molar-refractivity contribution < 1.29 is 24.5 Å². The van der Waals surface area contributed by atoms with Gasteiger partial charge in [0.2, 0.25) is 0 Å². The van der Waals surface area contributed by atoms with Crippen molar-refractivity contribution in [1.29, 1.82) is 0 Å².